The van der Waals surface area contributed by atoms with E-state index in [4.69, 9.17) is 4.74 Å². The van der Waals surface area contributed by atoms with Crippen molar-refractivity contribution in [2.24, 2.45) is 0 Å². The molecule has 124 valence electrons. The third kappa shape index (κ3) is 5.33. The second-order valence-corrected chi connectivity index (χ2v) is 6.26. The molecule has 4 nitrogen and oxygen atoms in total. The molecule has 0 bridgehead atoms. The third-order valence-electron chi connectivity index (χ3n) is 3.60. The van der Waals surface area contributed by atoms with E-state index in [-0.39, 0.29) is 23.5 Å². The third-order valence-corrected chi connectivity index (χ3v) is 4.47. The molecule has 0 spiro atoms. The first-order valence-electron chi connectivity index (χ1n) is 7.45. The Bertz CT molecular complexity index is 619. The molecule has 2 aromatic rings. The van der Waals surface area contributed by atoms with Gasteiger partial charge in [0.15, 0.2) is 11.6 Å². The molecule has 0 saturated heterocycles. The first-order valence-corrected chi connectivity index (χ1v) is 8.33. The van der Waals surface area contributed by atoms with Crippen molar-refractivity contribution in [3.8, 4) is 5.75 Å². The lowest BCUT2D eigenvalue weighted by molar-refractivity contribution is -0.125. The zero-order valence-electron chi connectivity index (χ0n) is 13.3. The largest absolute Gasteiger partial charge is 0.489 e. The molecule has 1 unspecified atom stereocenters. The fourth-order valence-electron chi connectivity index (χ4n) is 1.99. The van der Waals surface area contributed by atoms with Crippen molar-refractivity contribution in [3.63, 3.8) is 0 Å². The maximum Gasteiger partial charge on any atom is 0.237 e. The number of likely N-dealkylation sites (N-methyl/N-ethyl adjacent to an activating group) is 1. The maximum absolute atomic E-state index is 13.4. The van der Waals surface area contributed by atoms with Gasteiger partial charge < -0.3 is 10.1 Å². The van der Waals surface area contributed by atoms with Crippen molar-refractivity contribution in [2.45, 2.75) is 19.5 Å². The van der Waals surface area contributed by atoms with E-state index in [2.05, 4.69) is 5.32 Å². The molecule has 23 heavy (non-hydrogen) atoms. The summed E-state index contributed by atoms with van der Waals surface area (Å²) in [7, 11) is 1.85. The minimum Gasteiger partial charge on any atom is -0.489 e. The van der Waals surface area contributed by atoms with Gasteiger partial charge in [0.05, 0.1) is 12.6 Å². The van der Waals surface area contributed by atoms with Crippen molar-refractivity contribution >= 4 is 17.2 Å². The summed E-state index contributed by atoms with van der Waals surface area (Å²) in [5.74, 6) is -0.181. The number of nitrogens with one attached hydrogen (secondary N) is 1. The van der Waals surface area contributed by atoms with Gasteiger partial charge in [-0.05, 0) is 37.6 Å². The van der Waals surface area contributed by atoms with Gasteiger partial charge in [-0.15, -0.1) is 11.3 Å². The summed E-state index contributed by atoms with van der Waals surface area (Å²) in [6, 6.07) is 9.96. The summed E-state index contributed by atoms with van der Waals surface area (Å²) in [5, 5.41) is 4.90. The van der Waals surface area contributed by atoms with Crippen LogP contribution in [0.3, 0.4) is 0 Å². The Kier molecular flexibility index (Phi) is 6.55. The lowest BCUT2D eigenvalue weighted by Gasteiger charge is -2.23. The minimum absolute atomic E-state index is 0.0354. The number of thiophene rings is 1. The zero-order chi connectivity index (χ0) is 16.7. The van der Waals surface area contributed by atoms with Crippen molar-refractivity contribution in [2.75, 3.05) is 20.2 Å². The second kappa shape index (κ2) is 8.64. The molecule has 1 heterocycles. The SMILES string of the molecule is CC(C(=O)NCc1cccs1)N(C)CCOc1ccccc1F. The van der Waals surface area contributed by atoms with Gasteiger partial charge in [-0.1, -0.05) is 18.2 Å². The van der Waals surface area contributed by atoms with Crippen molar-refractivity contribution in [1.29, 1.82) is 0 Å². The van der Waals surface area contributed by atoms with Crippen LogP contribution in [0, 0.1) is 5.82 Å². The van der Waals surface area contributed by atoms with Crippen LogP contribution in [0.4, 0.5) is 4.39 Å². The predicted molar refractivity (Wildman–Crippen MR) is 90.2 cm³/mol. The molecule has 0 saturated carbocycles. The Labute approximate surface area is 139 Å². The highest BCUT2D eigenvalue weighted by Crippen LogP contribution is 2.15. The summed E-state index contributed by atoms with van der Waals surface area (Å²) in [4.78, 5) is 15.1. The number of carbonyl (C=O) groups is 1. The molecule has 1 N–H and O–H groups in total. The number of nitrogens with zero attached hydrogens (tertiary/aromatic N) is 1. The van der Waals surface area contributed by atoms with Crippen molar-refractivity contribution < 1.29 is 13.9 Å². The molecule has 0 radical (unpaired) electrons. The van der Waals surface area contributed by atoms with Crippen LogP contribution in [-0.2, 0) is 11.3 Å². The number of hydrogen-bond donors (Lipinski definition) is 1. The van der Waals surface area contributed by atoms with Crippen LogP contribution in [-0.4, -0.2) is 37.0 Å². The molecule has 0 fully saturated rings. The van der Waals surface area contributed by atoms with Crippen molar-refractivity contribution in [3.05, 3.63) is 52.5 Å². The van der Waals surface area contributed by atoms with E-state index < -0.39 is 0 Å². The predicted octanol–water partition coefficient (Wildman–Crippen LogP) is 2.90. The number of benzene rings is 1. The van der Waals surface area contributed by atoms with Crippen LogP contribution in [0.15, 0.2) is 41.8 Å². The average molecular weight is 336 g/mol. The van der Waals surface area contributed by atoms with Gasteiger partial charge in [-0.3, -0.25) is 9.69 Å². The molecule has 1 amide bonds. The molecule has 1 aromatic heterocycles. The van der Waals surface area contributed by atoms with Crippen LogP contribution < -0.4 is 10.1 Å². The zero-order valence-corrected chi connectivity index (χ0v) is 14.1. The molecular weight excluding hydrogens is 315 g/mol. The lowest BCUT2D eigenvalue weighted by Crippen LogP contribution is -2.44. The van der Waals surface area contributed by atoms with E-state index >= 15 is 0 Å². The van der Waals surface area contributed by atoms with Gasteiger partial charge in [0, 0.05) is 11.4 Å². The maximum atomic E-state index is 13.4. The van der Waals surface area contributed by atoms with E-state index in [0.29, 0.717) is 19.7 Å². The molecular formula is C17H21FN2O2S. The van der Waals surface area contributed by atoms with Gasteiger partial charge in [0.25, 0.3) is 0 Å². The minimum atomic E-state index is -0.378. The van der Waals surface area contributed by atoms with Gasteiger partial charge in [0.2, 0.25) is 5.91 Å². The van der Waals surface area contributed by atoms with E-state index in [0.717, 1.165) is 4.88 Å². The van der Waals surface area contributed by atoms with Crippen LogP contribution >= 0.6 is 11.3 Å². The lowest BCUT2D eigenvalue weighted by atomic mass is 10.2. The Morgan fingerprint density at radius 3 is 2.83 bits per heavy atom. The molecule has 1 aromatic carbocycles. The van der Waals surface area contributed by atoms with Gasteiger partial charge >= 0.3 is 0 Å². The Morgan fingerprint density at radius 2 is 2.13 bits per heavy atom. The first-order chi connectivity index (χ1) is 11.1. The van der Waals surface area contributed by atoms with Crippen LogP contribution in [0.1, 0.15) is 11.8 Å². The summed E-state index contributed by atoms with van der Waals surface area (Å²) in [6.07, 6.45) is 0. The quantitative estimate of drug-likeness (QED) is 0.806. The Balaban J connectivity index is 1.72. The molecule has 6 heteroatoms. The number of carbonyl (C=O) groups excluding carboxylic acids is 1. The van der Waals surface area contributed by atoms with Crippen LogP contribution in [0.25, 0.3) is 0 Å². The summed E-state index contributed by atoms with van der Waals surface area (Å²) in [6.45, 7) is 3.23. The number of hydrogen-bond acceptors (Lipinski definition) is 4. The van der Waals surface area contributed by atoms with E-state index in [1.807, 2.05) is 36.4 Å². The van der Waals surface area contributed by atoms with Crippen LogP contribution in [0.2, 0.25) is 0 Å². The fourth-order valence-corrected chi connectivity index (χ4v) is 2.63. The standard InChI is InChI=1S/C17H21FN2O2S/c1-13(17(21)19-12-14-6-5-11-23-14)20(2)9-10-22-16-8-4-3-7-15(16)18/h3-8,11,13H,9-10,12H2,1-2H3,(H,19,21). The number of halogens is 1. The Morgan fingerprint density at radius 1 is 1.35 bits per heavy atom. The number of para-hydroxylation sites is 1. The van der Waals surface area contributed by atoms with Gasteiger partial charge in [-0.25, -0.2) is 4.39 Å². The monoisotopic (exact) mass is 336 g/mol. The first kappa shape index (κ1) is 17.4. The summed E-state index contributed by atoms with van der Waals surface area (Å²) >= 11 is 1.61. The van der Waals surface area contributed by atoms with E-state index in [1.165, 1.54) is 6.07 Å². The summed E-state index contributed by atoms with van der Waals surface area (Å²) < 4.78 is 18.8. The topological polar surface area (TPSA) is 41.6 Å². The number of amides is 1. The second-order valence-electron chi connectivity index (χ2n) is 5.23. The van der Waals surface area contributed by atoms with Crippen LogP contribution in [0.5, 0.6) is 5.75 Å². The average Bonchev–Trinajstić information content (AvgIpc) is 3.07. The molecule has 0 aliphatic rings. The number of rotatable bonds is 8. The van der Waals surface area contributed by atoms with Crippen molar-refractivity contribution in [1.82, 2.24) is 10.2 Å². The molecule has 1 atom stereocenters. The molecule has 2 rings (SSSR count). The highest BCUT2D eigenvalue weighted by atomic mass is 32.1. The highest BCUT2D eigenvalue weighted by molar-refractivity contribution is 7.09. The highest BCUT2D eigenvalue weighted by Gasteiger charge is 2.17. The fraction of sp³-hybridized carbons (Fsp3) is 0.353. The molecule has 0 aliphatic heterocycles. The van der Waals surface area contributed by atoms with E-state index in [1.54, 1.807) is 29.5 Å². The van der Waals surface area contributed by atoms with E-state index in [9.17, 15) is 9.18 Å². The smallest absolute Gasteiger partial charge is 0.237 e. The van der Waals surface area contributed by atoms with Gasteiger partial charge in [0.1, 0.15) is 6.61 Å². The molecule has 0 aliphatic carbocycles. The summed E-state index contributed by atoms with van der Waals surface area (Å²) in [5.41, 5.74) is 0. The number of ether oxygens (including phenoxy) is 1. The normalized spacial score (nSPS) is 12.2. The van der Waals surface area contributed by atoms with Gasteiger partial charge in [-0.2, -0.15) is 0 Å². The Hall–Kier alpha value is -1.92.